The fourth-order valence-corrected chi connectivity index (χ4v) is 4.49. The molecule has 0 atom stereocenters. The summed E-state index contributed by atoms with van der Waals surface area (Å²) in [6.07, 6.45) is 3.92. The van der Waals surface area contributed by atoms with Gasteiger partial charge >= 0.3 is 0 Å². The normalized spacial score (nSPS) is 14.6. The quantitative estimate of drug-likeness (QED) is 0.130. The number of hydrazine groups is 1. The van der Waals surface area contributed by atoms with Crippen LogP contribution in [0.2, 0.25) is 0 Å². The molecule has 0 radical (unpaired) electrons. The van der Waals surface area contributed by atoms with E-state index in [0.717, 1.165) is 37.4 Å². The molecule has 0 heterocycles. The van der Waals surface area contributed by atoms with Crippen molar-refractivity contribution < 1.29 is 23.9 Å². The average Bonchev–Trinajstić information content (AvgIpc) is 3.30. The van der Waals surface area contributed by atoms with Gasteiger partial charge in [0.15, 0.2) is 5.69 Å². The van der Waals surface area contributed by atoms with Crippen LogP contribution in [0.3, 0.4) is 0 Å². The van der Waals surface area contributed by atoms with Gasteiger partial charge in [-0.1, -0.05) is 12.8 Å². The maximum Gasteiger partial charge on any atom is 0.257 e. The maximum absolute atomic E-state index is 14.8. The van der Waals surface area contributed by atoms with E-state index in [2.05, 4.69) is 10.4 Å². The molecule has 172 valence electrons. The molecule has 32 heavy (non-hydrogen) atoms. The minimum absolute atomic E-state index is 0.148. The van der Waals surface area contributed by atoms with E-state index < -0.39 is 23.2 Å². The highest BCUT2D eigenvalue weighted by Crippen LogP contribution is 2.36. The predicted octanol–water partition coefficient (Wildman–Crippen LogP) is 2.76. The third kappa shape index (κ3) is 5.54. The summed E-state index contributed by atoms with van der Waals surface area (Å²) in [5.74, 6) is 8.92. The zero-order valence-corrected chi connectivity index (χ0v) is 18.7. The number of hydrazone groups is 1. The highest BCUT2D eigenvalue weighted by molar-refractivity contribution is 8.13. The first-order valence-corrected chi connectivity index (χ1v) is 10.9. The van der Waals surface area contributed by atoms with Crippen LogP contribution in [-0.4, -0.2) is 30.2 Å². The number of halogens is 2. The fraction of sp³-hybridized carbons (Fsp3) is 0.333. The summed E-state index contributed by atoms with van der Waals surface area (Å²) in [5.41, 5.74) is 2.32. The van der Waals surface area contributed by atoms with E-state index in [1.165, 1.54) is 35.8 Å². The van der Waals surface area contributed by atoms with E-state index in [4.69, 9.17) is 16.5 Å². The Hall–Kier alpha value is -2.73. The van der Waals surface area contributed by atoms with Gasteiger partial charge in [0.1, 0.15) is 17.3 Å². The highest BCUT2D eigenvalue weighted by atomic mass is 32.2. The highest BCUT2D eigenvalue weighted by Gasteiger charge is 2.23. The molecule has 1 fully saturated rings. The molecular weight excluding hydrogens is 438 g/mol. The van der Waals surface area contributed by atoms with Crippen LogP contribution < -0.4 is 22.5 Å². The lowest BCUT2D eigenvalue weighted by molar-refractivity contribution is -0.830. The van der Waals surface area contributed by atoms with Crippen molar-refractivity contribution in [3.8, 4) is 0 Å². The van der Waals surface area contributed by atoms with Gasteiger partial charge in [0.05, 0.1) is 12.7 Å². The van der Waals surface area contributed by atoms with Crippen molar-refractivity contribution in [2.45, 2.75) is 36.5 Å². The van der Waals surface area contributed by atoms with Gasteiger partial charge in [-0.3, -0.25) is 9.80 Å². The number of quaternary nitrogens is 1. The molecule has 0 aliphatic heterocycles. The Balaban J connectivity index is 1.91. The first kappa shape index (κ1) is 23.9. The molecule has 1 aliphatic carbocycles. The third-order valence-electron chi connectivity index (χ3n) is 5.25. The molecule has 1 aliphatic rings. The molecule has 7 N–H and O–H groups in total. The van der Waals surface area contributed by atoms with Crippen molar-refractivity contribution in [1.82, 2.24) is 5.01 Å². The molecular formula is C21H27F2N6O2S+. The molecule has 2 aromatic carbocycles. The van der Waals surface area contributed by atoms with Crippen LogP contribution in [0.5, 0.6) is 0 Å². The number of benzene rings is 2. The van der Waals surface area contributed by atoms with Crippen LogP contribution in [0.15, 0.2) is 40.3 Å². The van der Waals surface area contributed by atoms with Crippen LogP contribution >= 0.6 is 11.8 Å². The summed E-state index contributed by atoms with van der Waals surface area (Å²) >= 11 is 1.04. The van der Waals surface area contributed by atoms with E-state index in [-0.39, 0.29) is 16.6 Å². The summed E-state index contributed by atoms with van der Waals surface area (Å²) in [5, 5.41) is 7.40. The van der Waals surface area contributed by atoms with Crippen molar-refractivity contribution in [2.24, 2.45) is 16.8 Å². The Bertz CT molecular complexity index is 989. The number of hydrogen-bond donors (Lipinski definition) is 4. The molecule has 3 rings (SSSR count). The minimum Gasteiger partial charge on any atom is -0.321 e. The van der Waals surface area contributed by atoms with Crippen LogP contribution in [-0.2, 0) is 4.84 Å². The van der Waals surface area contributed by atoms with Gasteiger partial charge in [0.25, 0.3) is 5.91 Å². The fourth-order valence-electron chi connectivity index (χ4n) is 3.70. The van der Waals surface area contributed by atoms with Gasteiger partial charge in [-0.15, -0.1) is 0 Å². The van der Waals surface area contributed by atoms with Gasteiger partial charge in [-0.05, 0) is 54.3 Å². The molecule has 2 aromatic rings. The number of amides is 1. The number of nitrogens with one attached hydrogen (secondary N) is 1. The Morgan fingerprint density at radius 1 is 1.25 bits per heavy atom. The van der Waals surface area contributed by atoms with Gasteiger partial charge in [0, 0.05) is 24.1 Å². The number of hydrogen-bond acceptors (Lipinski definition) is 6. The van der Waals surface area contributed by atoms with Crippen molar-refractivity contribution in [3.05, 3.63) is 53.1 Å². The number of amidine groups is 1. The van der Waals surface area contributed by atoms with Crippen molar-refractivity contribution in [3.63, 3.8) is 0 Å². The smallest absolute Gasteiger partial charge is 0.257 e. The van der Waals surface area contributed by atoms with Crippen LogP contribution in [0.25, 0.3) is 0 Å². The van der Waals surface area contributed by atoms with E-state index in [0.29, 0.717) is 16.1 Å². The molecule has 1 saturated carbocycles. The molecule has 8 nitrogen and oxygen atoms in total. The van der Waals surface area contributed by atoms with Crippen molar-refractivity contribution in [1.29, 1.82) is 0 Å². The zero-order chi connectivity index (χ0) is 23.3. The summed E-state index contributed by atoms with van der Waals surface area (Å²) in [7, 11) is 3.02. The number of carbonyl (C=O) groups excluding carboxylic acids is 1. The van der Waals surface area contributed by atoms with Crippen molar-refractivity contribution in [2.75, 3.05) is 19.5 Å². The number of rotatable bonds is 6. The number of anilines is 1. The van der Waals surface area contributed by atoms with Crippen LogP contribution in [0.1, 0.15) is 47.5 Å². The largest absolute Gasteiger partial charge is 0.321 e. The van der Waals surface area contributed by atoms with E-state index >= 15 is 0 Å². The van der Waals surface area contributed by atoms with E-state index in [9.17, 15) is 13.6 Å². The number of nitrogens with two attached hydrogens (primary N) is 3. The third-order valence-corrected chi connectivity index (χ3v) is 6.40. The van der Waals surface area contributed by atoms with Gasteiger partial charge in [0.2, 0.25) is 5.17 Å². The van der Waals surface area contributed by atoms with Crippen LogP contribution in [0, 0.1) is 11.6 Å². The maximum atomic E-state index is 14.8. The Labute approximate surface area is 189 Å². The monoisotopic (exact) mass is 465 g/mol. The van der Waals surface area contributed by atoms with Gasteiger partial charge in [-0.2, -0.15) is 10.6 Å². The second-order valence-corrected chi connectivity index (χ2v) is 8.54. The SMILES string of the molecule is CO[NH2+]c1ccc(S/C(=N/N)N(C)N)c(C(=O)Nc2c(F)cc(C3CCCC3)cc2F)c1. The molecule has 0 bridgehead atoms. The first-order chi connectivity index (χ1) is 15.3. The Morgan fingerprint density at radius 2 is 1.91 bits per heavy atom. The minimum atomic E-state index is -0.806. The standard InChI is InChI=1S/C21H26F2N6O2S/c1-29(25)21(27-24)32-18-8-7-14(28-31-2)11-15(18)20(30)26-19-16(22)9-13(10-17(19)23)12-5-3-4-6-12/h7-12,28H,3-6,24-25H2,1-2H3,(H,26,30)/p+1/b27-21+. The summed E-state index contributed by atoms with van der Waals surface area (Å²) in [6.45, 7) is 0. The summed E-state index contributed by atoms with van der Waals surface area (Å²) in [4.78, 5) is 18.5. The van der Waals surface area contributed by atoms with E-state index in [1.54, 1.807) is 19.2 Å². The summed E-state index contributed by atoms with van der Waals surface area (Å²) in [6, 6.07) is 7.51. The topological polar surface area (TPSA) is 123 Å². The molecule has 11 heteroatoms. The first-order valence-electron chi connectivity index (χ1n) is 10.1. The lowest BCUT2D eigenvalue weighted by Crippen LogP contribution is -2.75. The lowest BCUT2D eigenvalue weighted by Gasteiger charge is -2.16. The van der Waals surface area contributed by atoms with E-state index in [1.807, 2.05) is 0 Å². The van der Waals surface area contributed by atoms with Crippen molar-refractivity contribution >= 4 is 34.2 Å². The Kier molecular flexibility index (Phi) is 8.02. The zero-order valence-electron chi connectivity index (χ0n) is 17.9. The molecule has 0 aromatic heterocycles. The number of thioether (sulfide) groups is 1. The summed E-state index contributed by atoms with van der Waals surface area (Å²) < 4.78 is 29.5. The predicted molar refractivity (Wildman–Crippen MR) is 120 cm³/mol. The average molecular weight is 466 g/mol. The number of carbonyl (C=O) groups is 1. The second kappa shape index (κ2) is 10.7. The Morgan fingerprint density at radius 3 is 2.47 bits per heavy atom. The van der Waals surface area contributed by atoms with Gasteiger partial charge < -0.3 is 11.2 Å². The van der Waals surface area contributed by atoms with Crippen LogP contribution in [0.4, 0.5) is 20.2 Å². The molecule has 1 amide bonds. The molecule has 0 saturated heterocycles. The molecule has 0 unspecified atom stereocenters. The lowest BCUT2D eigenvalue weighted by atomic mass is 9.97. The second-order valence-electron chi connectivity index (χ2n) is 7.53. The van der Waals surface area contributed by atoms with Gasteiger partial charge in [-0.25, -0.2) is 19.5 Å². The molecule has 0 spiro atoms. The number of nitrogens with zero attached hydrogens (tertiary/aromatic N) is 2.